The van der Waals surface area contributed by atoms with Gasteiger partial charge in [-0.2, -0.15) is 5.10 Å². The van der Waals surface area contributed by atoms with E-state index in [4.69, 9.17) is 5.73 Å². The van der Waals surface area contributed by atoms with Crippen molar-refractivity contribution in [1.82, 2.24) is 14.7 Å². The highest BCUT2D eigenvalue weighted by atomic mass is 15.2. The first kappa shape index (κ1) is 14.2. The van der Waals surface area contributed by atoms with Crippen molar-refractivity contribution < 1.29 is 0 Å². The topological polar surface area (TPSA) is 47.1 Å². The summed E-state index contributed by atoms with van der Waals surface area (Å²) in [6.45, 7) is 7.31. The normalized spacial score (nSPS) is 11.6. The van der Waals surface area contributed by atoms with Crippen LogP contribution in [0.2, 0.25) is 0 Å². The van der Waals surface area contributed by atoms with E-state index in [-0.39, 0.29) is 0 Å². The van der Waals surface area contributed by atoms with E-state index in [1.165, 1.54) is 18.4 Å². The second kappa shape index (κ2) is 7.45. The molecule has 0 fully saturated rings. The van der Waals surface area contributed by atoms with Crippen molar-refractivity contribution in [3.05, 3.63) is 18.0 Å². The van der Waals surface area contributed by atoms with Gasteiger partial charge >= 0.3 is 0 Å². The van der Waals surface area contributed by atoms with E-state index in [2.05, 4.69) is 30.0 Å². The molecule has 0 aliphatic carbocycles. The molecule has 4 heteroatoms. The molecule has 1 heterocycles. The summed E-state index contributed by atoms with van der Waals surface area (Å²) in [5.41, 5.74) is 7.00. The number of hydrogen-bond donors (Lipinski definition) is 1. The summed E-state index contributed by atoms with van der Waals surface area (Å²) in [5.74, 6) is 0. The summed E-state index contributed by atoms with van der Waals surface area (Å²) >= 11 is 0. The molecular formula is C13H26N4. The van der Waals surface area contributed by atoms with Gasteiger partial charge in [-0.3, -0.25) is 9.58 Å². The Labute approximate surface area is 105 Å². The van der Waals surface area contributed by atoms with Gasteiger partial charge in [0.05, 0.1) is 6.20 Å². The van der Waals surface area contributed by atoms with Gasteiger partial charge in [0.15, 0.2) is 0 Å². The fraction of sp³-hybridized carbons (Fsp3) is 0.769. The zero-order chi connectivity index (χ0) is 12.7. The van der Waals surface area contributed by atoms with E-state index in [0.29, 0.717) is 6.04 Å². The molecule has 0 radical (unpaired) electrons. The molecule has 1 rings (SSSR count). The minimum Gasteiger partial charge on any atom is -0.329 e. The molecule has 0 aliphatic heterocycles. The average Bonchev–Trinajstić information content (AvgIpc) is 2.73. The quantitative estimate of drug-likeness (QED) is 0.745. The summed E-state index contributed by atoms with van der Waals surface area (Å²) < 4.78 is 1.86. The molecule has 0 saturated heterocycles. The highest BCUT2D eigenvalue weighted by Crippen LogP contribution is 2.09. The highest BCUT2D eigenvalue weighted by Gasteiger charge is 2.14. The second-order valence-corrected chi connectivity index (χ2v) is 4.57. The Morgan fingerprint density at radius 2 is 2.06 bits per heavy atom. The Morgan fingerprint density at radius 3 is 2.53 bits per heavy atom. The molecule has 2 N–H and O–H groups in total. The van der Waals surface area contributed by atoms with E-state index < -0.39 is 0 Å². The van der Waals surface area contributed by atoms with Crippen LogP contribution in [0, 0.1) is 0 Å². The molecule has 0 amide bonds. The molecule has 4 nitrogen and oxygen atoms in total. The number of nitrogens with zero attached hydrogens (tertiary/aromatic N) is 3. The largest absolute Gasteiger partial charge is 0.329 e. The SMILES string of the molecule is CCC(CC)N(CCN)CCc1cnn(C)c1. The lowest BCUT2D eigenvalue weighted by atomic mass is 10.1. The van der Waals surface area contributed by atoms with Crippen LogP contribution in [-0.4, -0.2) is 40.4 Å². The summed E-state index contributed by atoms with van der Waals surface area (Å²) in [6.07, 6.45) is 7.50. The Balaban J connectivity index is 2.48. The Morgan fingerprint density at radius 1 is 1.35 bits per heavy atom. The summed E-state index contributed by atoms with van der Waals surface area (Å²) in [7, 11) is 1.96. The second-order valence-electron chi connectivity index (χ2n) is 4.57. The highest BCUT2D eigenvalue weighted by molar-refractivity contribution is 5.04. The zero-order valence-electron chi connectivity index (χ0n) is 11.4. The van der Waals surface area contributed by atoms with Gasteiger partial charge in [-0.15, -0.1) is 0 Å². The van der Waals surface area contributed by atoms with Crippen LogP contribution >= 0.6 is 0 Å². The predicted octanol–water partition coefficient (Wildman–Crippen LogP) is 1.41. The Kier molecular flexibility index (Phi) is 6.22. The van der Waals surface area contributed by atoms with Crippen molar-refractivity contribution in [1.29, 1.82) is 0 Å². The smallest absolute Gasteiger partial charge is 0.0522 e. The first-order valence-electron chi connectivity index (χ1n) is 6.62. The summed E-state index contributed by atoms with van der Waals surface area (Å²) in [4.78, 5) is 2.51. The number of aromatic nitrogens is 2. The number of nitrogens with two attached hydrogens (primary N) is 1. The minimum atomic E-state index is 0.662. The van der Waals surface area contributed by atoms with Gasteiger partial charge in [-0.05, 0) is 24.8 Å². The Bertz CT molecular complexity index is 304. The predicted molar refractivity (Wildman–Crippen MR) is 71.9 cm³/mol. The average molecular weight is 238 g/mol. The van der Waals surface area contributed by atoms with Gasteiger partial charge in [0.1, 0.15) is 0 Å². The fourth-order valence-electron chi connectivity index (χ4n) is 2.32. The van der Waals surface area contributed by atoms with Gasteiger partial charge in [-0.25, -0.2) is 0 Å². The van der Waals surface area contributed by atoms with Gasteiger partial charge < -0.3 is 5.73 Å². The van der Waals surface area contributed by atoms with Crippen molar-refractivity contribution in [2.75, 3.05) is 19.6 Å². The van der Waals surface area contributed by atoms with Crippen LogP contribution in [0.1, 0.15) is 32.3 Å². The van der Waals surface area contributed by atoms with Crippen molar-refractivity contribution in [2.24, 2.45) is 12.8 Å². The van der Waals surface area contributed by atoms with Gasteiger partial charge in [0, 0.05) is 38.9 Å². The first-order chi connectivity index (χ1) is 8.21. The van der Waals surface area contributed by atoms with E-state index in [9.17, 15) is 0 Å². The van der Waals surface area contributed by atoms with Crippen molar-refractivity contribution in [3.63, 3.8) is 0 Å². The molecule has 1 aromatic heterocycles. The summed E-state index contributed by atoms with van der Waals surface area (Å²) in [6, 6.07) is 0.662. The Hall–Kier alpha value is -0.870. The third kappa shape index (κ3) is 4.48. The third-order valence-corrected chi connectivity index (χ3v) is 3.32. The molecule has 0 unspecified atom stereocenters. The maximum atomic E-state index is 5.69. The number of aryl methyl sites for hydroxylation is 1. The van der Waals surface area contributed by atoms with Crippen LogP contribution in [0.4, 0.5) is 0 Å². The number of rotatable bonds is 8. The monoisotopic (exact) mass is 238 g/mol. The maximum absolute atomic E-state index is 5.69. The molecule has 0 aliphatic rings. The van der Waals surface area contributed by atoms with E-state index in [0.717, 1.165) is 26.1 Å². The molecule has 17 heavy (non-hydrogen) atoms. The van der Waals surface area contributed by atoms with Gasteiger partial charge in [0.25, 0.3) is 0 Å². The van der Waals surface area contributed by atoms with E-state index >= 15 is 0 Å². The molecule has 0 spiro atoms. The minimum absolute atomic E-state index is 0.662. The molecule has 0 aromatic carbocycles. The fourth-order valence-corrected chi connectivity index (χ4v) is 2.32. The zero-order valence-corrected chi connectivity index (χ0v) is 11.4. The first-order valence-corrected chi connectivity index (χ1v) is 6.62. The molecule has 0 atom stereocenters. The maximum Gasteiger partial charge on any atom is 0.0522 e. The lowest BCUT2D eigenvalue weighted by molar-refractivity contribution is 0.193. The standard InChI is InChI=1S/C13H26N4/c1-4-13(5-2)17(9-7-14)8-6-12-10-15-16(3)11-12/h10-11,13H,4-9,14H2,1-3H3. The van der Waals surface area contributed by atoms with Crippen LogP contribution in [0.25, 0.3) is 0 Å². The molecule has 0 saturated carbocycles. The van der Waals surface area contributed by atoms with Crippen molar-refractivity contribution >= 4 is 0 Å². The lowest BCUT2D eigenvalue weighted by Gasteiger charge is -2.29. The van der Waals surface area contributed by atoms with Crippen LogP contribution < -0.4 is 5.73 Å². The van der Waals surface area contributed by atoms with Crippen LogP contribution in [0.5, 0.6) is 0 Å². The lowest BCUT2D eigenvalue weighted by Crippen LogP contribution is -2.39. The molecule has 0 bridgehead atoms. The van der Waals surface area contributed by atoms with Crippen LogP contribution in [-0.2, 0) is 13.5 Å². The molecule has 98 valence electrons. The summed E-state index contributed by atoms with van der Waals surface area (Å²) in [5, 5.41) is 4.20. The molecular weight excluding hydrogens is 212 g/mol. The molecule has 1 aromatic rings. The number of hydrogen-bond acceptors (Lipinski definition) is 3. The van der Waals surface area contributed by atoms with E-state index in [1.807, 2.05) is 17.9 Å². The van der Waals surface area contributed by atoms with Crippen LogP contribution in [0.3, 0.4) is 0 Å². The van der Waals surface area contributed by atoms with E-state index in [1.54, 1.807) is 0 Å². The van der Waals surface area contributed by atoms with Gasteiger partial charge in [0.2, 0.25) is 0 Å². The van der Waals surface area contributed by atoms with Gasteiger partial charge in [-0.1, -0.05) is 13.8 Å². The van der Waals surface area contributed by atoms with Crippen molar-refractivity contribution in [2.45, 2.75) is 39.2 Å². The third-order valence-electron chi connectivity index (χ3n) is 3.32. The van der Waals surface area contributed by atoms with Crippen molar-refractivity contribution in [3.8, 4) is 0 Å². The van der Waals surface area contributed by atoms with Crippen LogP contribution in [0.15, 0.2) is 12.4 Å².